The zero-order chi connectivity index (χ0) is 23.4. The van der Waals surface area contributed by atoms with E-state index >= 15 is 0 Å². The highest BCUT2D eigenvalue weighted by Crippen LogP contribution is 2.26. The van der Waals surface area contributed by atoms with Gasteiger partial charge < -0.3 is 15.2 Å². The number of sulfonamides is 1. The lowest BCUT2D eigenvalue weighted by molar-refractivity contribution is -0.120. The van der Waals surface area contributed by atoms with Gasteiger partial charge in [0.25, 0.3) is 5.91 Å². The van der Waals surface area contributed by atoms with Crippen molar-refractivity contribution in [3.8, 4) is 0 Å². The van der Waals surface area contributed by atoms with Crippen LogP contribution in [0.3, 0.4) is 0 Å². The van der Waals surface area contributed by atoms with Crippen LogP contribution in [-0.4, -0.2) is 60.6 Å². The second-order valence-corrected chi connectivity index (χ2v) is 11.0. The first-order chi connectivity index (χ1) is 15.8. The standard InChI is InChI=1S/C23H29ClN4O4S/c24-18-8-5-9-19(13-18)26-22(29)17-7-6-12-28(16-17)33(31,32)20-14-21(25-15-20)23(30)27-10-3-1-2-4-11-27/h5,8-9,13-15,17,25H,1-4,6-7,10-12,16H2,(H,26,29)/t17-/m1/s1. The number of likely N-dealkylation sites (tertiary alicyclic amines) is 1. The molecule has 1 aromatic heterocycles. The Labute approximate surface area is 199 Å². The number of anilines is 1. The number of amides is 2. The number of hydrogen-bond donors (Lipinski definition) is 2. The number of benzene rings is 1. The summed E-state index contributed by atoms with van der Waals surface area (Å²) in [7, 11) is -3.83. The van der Waals surface area contributed by atoms with Crippen molar-refractivity contribution in [1.82, 2.24) is 14.2 Å². The molecule has 0 radical (unpaired) electrons. The van der Waals surface area contributed by atoms with Crippen LogP contribution >= 0.6 is 11.6 Å². The molecule has 178 valence electrons. The number of nitrogens with zero attached hydrogens (tertiary/aromatic N) is 2. The summed E-state index contributed by atoms with van der Waals surface area (Å²) in [4.78, 5) is 30.3. The molecule has 2 amide bonds. The first kappa shape index (κ1) is 23.8. The molecule has 0 bridgehead atoms. The lowest BCUT2D eigenvalue weighted by atomic mass is 9.99. The van der Waals surface area contributed by atoms with Gasteiger partial charge in [0.1, 0.15) is 10.6 Å². The highest BCUT2D eigenvalue weighted by Gasteiger charge is 2.34. The number of carbonyl (C=O) groups is 2. The maximum absolute atomic E-state index is 13.3. The normalized spacial score (nSPS) is 20.3. The maximum atomic E-state index is 13.3. The fraction of sp³-hybridized carbons (Fsp3) is 0.478. The molecule has 0 unspecified atom stereocenters. The van der Waals surface area contributed by atoms with Gasteiger partial charge in [-0.15, -0.1) is 0 Å². The van der Waals surface area contributed by atoms with Crippen molar-refractivity contribution >= 4 is 39.1 Å². The van der Waals surface area contributed by atoms with E-state index in [2.05, 4.69) is 10.3 Å². The minimum Gasteiger partial charge on any atom is -0.356 e. The smallest absolute Gasteiger partial charge is 0.270 e. The van der Waals surface area contributed by atoms with Crippen molar-refractivity contribution in [1.29, 1.82) is 0 Å². The Balaban J connectivity index is 1.43. The number of nitrogens with one attached hydrogen (secondary N) is 2. The number of rotatable bonds is 5. The van der Waals surface area contributed by atoms with Gasteiger partial charge >= 0.3 is 0 Å². The van der Waals surface area contributed by atoms with Gasteiger partial charge in [-0.05, 0) is 49.9 Å². The molecule has 0 aliphatic carbocycles. The molecule has 2 saturated heterocycles. The molecule has 2 aliphatic rings. The van der Waals surface area contributed by atoms with Crippen LogP contribution in [0.25, 0.3) is 0 Å². The minimum absolute atomic E-state index is 0.0524. The van der Waals surface area contributed by atoms with Gasteiger partial charge in [-0.1, -0.05) is 30.5 Å². The first-order valence-corrected chi connectivity index (χ1v) is 13.2. The van der Waals surface area contributed by atoms with Crippen molar-refractivity contribution in [3.63, 3.8) is 0 Å². The number of H-pyrrole nitrogens is 1. The second-order valence-electron chi connectivity index (χ2n) is 8.66. The zero-order valence-electron chi connectivity index (χ0n) is 18.4. The van der Waals surface area contributed by atoms with Crippen LogP contribution in [0.15, 0.2) is 41.4 Å². The van der Waals surface area contributed by atoms with Crippen molar-refractivity contribution in [3.05, 3.63) is 47.2 Å². The summed E-state index contributed by atoms with van der Waals surface area (Å²) in [6.07, 6.45) is 6.69. The highest BCUT2D eigenvalue weighted by atomic mass is 35.5. The molecule has 1 aromatic carbocycles. The summed E-state index contributed by atoms with van der Waals surface area (Å²) in [5.74, 6) is -0.872. The number of aromatic nitrogens is 1. The first-order valence-electron chi connectivity index (χ1n) is 11.4. The summed E-state index contributed by atoms with van der Waals surface area (Å²) >= 11 is 5.98. The quantitative estimate of drug-likeness (QED) is 0.663. The van der Waals surface area contributed by atoms with E-state index in [-0.39, 0.29) is 28.9 Å². The molecule has 33 heavy (non-hydrogen) atoms. The van der Waals surface area contributed by atoms with Gasteiger partial charge in [-0.25, -0.2) is 8.42 Å². The van der Waals surface area contributed by atoms with E-state index in [4.69, 9.17) is 11.6 Å². The van der Waals surface area contributed by atoms with Gasteiger partial charge in [0.2, 0.25) is 15.9 Å². The van der Waals surface area contributed by atoms with Crippen LogP contribution in [0, 0.1) is 5.92 Å². The van der Waals surface area contributed by atoms with Crippen LogP contribution < -0.4 is 5.32 Å². The summed E-state index contributed by atoms with van der Waals surface area (Å²) in [5.41, 5.74) is 0.859. The third kappa shape index (κ3) is 5.59. The molecule has 3 heterocycles. The van der Waals surface area contributed by atoms with Crippen LogP contribution in [0.4, 0.5) is 5.69 Å². The average molecular weight is 493 g/mol. The molecule has 4 rings (SSSR count). The molecular formula is C23H29ClN4O4S. The Morgan fingerprint density at radius 2 is 1.79 bits per heavy atom. The Hall–Kier alpha value is -2.36. The Bertz CT molecular complexity index is 1110. The number of hydrogen-bond acceptors (Lipinski definition) is 4. The fourth-order valence-corrected chi connectivity index (χ4v) is 6.13. The Kier molecular flexibility index (Phi) is 7.41. The van der Waals surface area contributed by atoms with E-state index in [0.29, 0.717) is 43.2 Å². The van der Waals surface area contributed by atoms with E-state index in [1.807, 2.05) is 0 Å². The molecule has 2 fully saturated rings. The fourth-order valence-electron chi connectivity index (χ4n) is 4.43. The average Bonchev–Trinajstić information content (AvgIpc) is 3.16. The second kappa shape index (κ2) is 10.3. The number of halogens is 1. The summed E-state index contributed by atoms with van der Waals surface area (Å²) in [6, 6.07) is 8.27. The van der Waals surface area contributed by atoms with Crippen molar-refractivity contribution in [2.24, 2.45) is 5.92 Å². The van der Waals surface area contributed by atoms with E-state index in [1.54, 1.807) is 29.2 Å². The molecule has 2 N–H and O–H groups in total. The summed E-state index contributed by atoms with van der Waals surface area (Å²) in [6.45, 7) is 1.81. The molecule has 8 nitrogen and oxygen atoms in total. The maximum Gasteiger partial charge on any atom is 0.270 e. The predicted octanol–water partition coefficient (Wildman–Crippen LogP) is 3.72. The minimum atomic E-state index is -3.83. The largest absolute Gasteiger partial charge is 0.356 e. The Morgan fingerprint density at radius 1 is 1.03 bits per heavy atom. The SMILES string of the molecule is O=C(Nc1cccc(Cl)c1)[C@@H]1CCCN(S(=O)(=O)c2c[nH]c(C(=O)N3CCCCCC3)c2)C1. The van der Waals surface area contributed by atoms with Crippen molar-refractivity contribution in [2.45, 2.75) is 43.4 Å². The molecule has 1 atom stereocenters. The molecule has 0 saturated carbocycles. The monoisotopic (exact) mass is 492 g/mol. The van der Waals surface area contributed by atoms with Crippen LogP contribution in [0.5, 0.6) is 0 Å². The number of aromatic amines is 1. The highest BCUT2D eigenvalue weighted by molar-refractivity contribution is 7.89. The van der Waals surface area contributed by atoms with Crippen molar-refractivity contribution < 1.29 is 18.0 Å². The third-order valence-corrected chi connectivity index (χ3v) is 8.34. The lowest BCUT2D eigenvalue weighted by Crippen LogP contribution is -2.43. The van der Waals surface area contributed by atoms with E-state index < -0.39 is 15.9 Å². The van der Waals surface area contributed by atoms with E-state index in [1.165, 1.54) is 16.6 Å². The van der Waals surface area contributed by atoms with Crippen molar-refractivity contribution in [2.75, 3.05) is 31.5 Å². The molecular weight excluding hydrogens is 464 g/mol. The molecule has 2 aliphatic heterocycles. The van der Waals surface area contributed by atoms with Crippen LogP contribution in [0.1, 0.15) is 49.0 Å². The van der Waals surface area contributed by atoms with Gasteiger partial charge in [0.05, 0.1) is 5.92 Å². The summed E-state index contributed by atoms with van der Waals surface area (Å²) < 4.78 is 27.9. The van der Waals surface area contributed by atoms with E-state index in [0.717, 1.165) is 25.7 Å². The Morgan fingerprint density at radius 3 is 2.52 bits per heavy atom. The zero-order valence-corrected chi connectivity index (χ0v) is 20.0. The summed E-state index contributed by atoms with van der Waals surface area (Å²) in [5, 5.41) is 3.34. The lowest BCUT2D eigenvalue weighted by Gasteiger charge is -2.31. The van der Waals surface area contributed by atoms with Gasteiger partial charge in [-0.2, -0.15) is 4.31 Å². The van der Waals surface area contributed by atoms with Gasteiger partial charge in [-0.3, -0.25) is 9.59 Å². The number of piperidine rings is 1. The van der Waals surface area contributed by atoms with E-state index in [9.17, 15) is 18.0 Å². The molecule has 2 aromatic rings. The predicted molar refractivity (Wildman–Crippen MR) is 127 cm³/mol. The number of carbonyl (C=O) groups excluding carboxylic acids is 2. The van der Waals surface area contributed by atoms with Gasteiger partial charge in [0, 0.05) is 43.1 Å². The topological polar surface area (TPSA) is 103 Å². The molecule has 0 spiro atoms. The third-order valence-electron chi connectivity index (χ3n) is 6.27. The van der Waals surface area contributed by atoms with Gasteiger partial charge in [0.15, 0.2) is 0 Å². The van der Waals surface area contributed by atoms with Crippen LogP contribution in [0.2, 0.25) is 5.02 Å². The molecule has 10 heteroatoms. The van der Waals surface area contributed by atoms with Crippen LogP contribution in [-0.2, 0) is 14.8 Å².